The third kappa shape index (κ3) is 19.7. The molecular formula is C2H13ClOSi3. The molecule has 0 aliphatic carbocycles. The fourth-order valence-corrected chi connectivity index (χ4v) is 0. The van der Waals surface area contributed by atoms with Gasteiger partial charge in [0, 0.05) is 0 Å². The molecule has 1 nitrogen and oxygen atoms in total. The molecule has 7 heavy (non-hydrogen) atoms. The van der Waals surface area contributed by atoms with E-state index in [1.165, 1.54) is 0 Å². The Bertz CT molecular complexity index is 26.9. The van der Waals surface area contributed by atoms with Crippen LogP contribution in [0.25, 0.3) is 0 Å². The molecule has 0 aliphatic rings. The Morgan fingerprint density at radius 1 is 1.43 bits per heavy atom. The summed E-state index contributed by atoms with van der Waals surface area (Å²) in [5.74, 6) is 0. The van der Waals surface area contributed by atoms with Gasteiger partial charge in [-0.15, -0.1) is 0 Å². The SMILES string of the molecule is C[SiH](C)O[SiH3].[SiH3]Cl. The maximum atomic E-state index is 5.03. The lowest BCUT2D eigenvalue weighted by molar-refractivity contribution is 0.647. The molecule has 0 bridgehead atoms. The Morgan fingerprint density at radius 3 is 1.57 bits per heavy atom. The largest absolute Gasteiger partial charge is 0.466 e. The van der Waals surface area contributed by atoms with Gasteiger partial charge in [-0.3, -0.25) is 0 Å². The van der Waals surface area contributed by atoms with Gasteiger partial charge >= 0.3 is 0 Å². The summed E-state index contributed by atoms with van der Waals surface area (Å²) in [7, 11) is 1.12. The Morgan fingerprint density at radius 2 is 1.57 bits per heavy atom. The molecule has 0 saturated carbocycles. The van der Waals surface area contributed by atoms with Crippen LogP contribution in [0.4, 0.5) is 0 Å². The fourth-order valence-electron chi connectivity index (χ4n) is 0. The minimum absolute atomic E-state index is 0.588. The van der Waals surface area contributed by atoms with Crippen molar-refractivity contribution in [2.75, 3.05) is 0 Å². The first-order valence-corrected chi connectivity index (χ1v) is 8.80. The van der Waals surface area contributed by atoms with Crippen LogP contribution in [0.1, 0.15) is 0 Å². The average molecular weight is 173 g/mol. The van der Waals surface area contributed by atoms with Gasteiger partial charge in [0.15, 0.2) is 9.04 Å². The van der Waals surface area contributed by atoms with E-state index in [0.29, 0.717) is 0 Å². The number of halogens is 1. The van der Waals surface area contributed by atoms with Crippen molar-refractivity contribution in [3.8, 4) is 0 Å². The zero-order valence-corrected chi connectivity index (χ0v) is 11.3. The van der Waals surface area contributed by atoms with E-state index in [1.807, 2.05) is 0 Å². The van der Waals surface area contributed by atoms with Crippen LogP contribution >= 0.6 is 11.1 Å². The molecule has 0 N–H and O–H groups in total. The summed E-state index contributed by atoms with van der Waals surface area (Å²) >= 11 is 4.78. The molecule has 0 heterocycles. The number of hydrogen-bond acceptors (Lipinski definition) is 1. The van der Waals surface area contributed by atoms with E-state index in [2.05, 4.69) is 13.1 Å². The summed E-state index contributed by atoms with van der Waals surface area (Å²) in [6.45, 7) is 4.35. The molecule has 0 rings (SSSR count). The van der Waals surface area contributed by atoms with Gasteiger partial charge in [-0.25, -0.2) is 0 Å². The van der Waals surface area contributed by atoms with E-state index >= 15 is 0 Å². The monoisotopic (exact) mass is 172 g/mol. The highest BCUT2D eigenvalue weighted by Crippen LogP contribution is 1.72. The van der Waals surface area contributed by atoms with Crippen molar-refractivity contribution in [1.82, 2.24) is 0 Å². The summed E-state index contributed by atoms with van der Waals surface area (Å²) in [5, 5.41) is 0. The molecule has 0 aliphatic heterocycles. The summed E-state index contributed by atoms with van der Waals surface area (Å²) < 4.78 is 5.03. The van der Waals surface area contributed by atoms with Crippen molar-refractivity contribution in [1.29, 1.82) is 0 Å². The standard InChI is InChI=1S/C2H10OSi2.ClH3Si/c1-5(2)3-4;1-2/h5H,1-2,4H3;2H3. The minimum atomic E-state index is -0.588. The second kappa shape index (κ2) is 10.0. The molecule has 0 atom stereocenters. The maximum absolute atomic E-state index is 5.03. The predicted molar refractivity (Wildman–Crippen MR) is 45.7 cm³/mol. The van der Waals surface area contributed by atoms with E-state index in [4.69, 9.17) is 15.2 Å². The van der Waals surface area contributed by atoms with Crippen LogP contribution in [0.15, 0.2) is 0 Å². The third-order valence-electron chi connectivity index (χ3n) is 0.471. The highest BCUT2D eigenvalue weighted by atomic mass is 35.6. The van der Waals surface area contributed by atoms with Crippen LogP contribution in [-0.2, 0) is 4.12 Å². The van der Waals surface area contributed by atoms with Gasteiger partial charge in [-0.2, -0.15) is 11.1 Å². The van der Waals surface area contributed by atoms with E-state index in [0.717, 1.165) is 20.0 Å². The van der Waals surface area contributed by atoms with E-state index in [9.17, 15) is 0 Å². The molecule has 0 saturated heterocycles. The van der Waals surface area contributed by atoms with Crippen LogP contribution in [0.5, 0.6) is 0 Å². The van der Waals surface area contributed by atoms with Crippen LogP contribution in [0.3, 0.4) is 0 Å². The molecular weight excluding hydrogens is 160 g/mol. The van der Waals surface area contributed by atoms with Crippen molar-refractivity contribution >= 4 is 40.2 Å². The Balaban J connectivity index is 0. The Kier molecular flexibility index (Phi) is 15.4. The molecule has 0 aromatic heterocycles. The van der Waals surface area contributed by atoms with Crippen molar-refractivity contribution < 1.29 is 4.12 Å². The first-order valence-electron chi connectivity index (χ1n) is 2.18. The molecule has 46 valence electrons. The number of hydrogen-bond donors (Lipinski definition) is 0. The predicted octanol–water partition coefficient (Wildman–Crippen LogP) is -1.23. The fraction of sp³-hybridized carbons (Fsp3) is 1.00. The normalized spacial score (nSPS) is 8.57. The average Bonchev–Trinajstić information content (AvgIpc) is 1.73. The molecule has 0 aromatic carbocycles. The van der Waals surface area contributed by atoms with Crippen molar-refractivity contribution in [2.45, 2.75) is 13.1 Å². The van der Waals surface area contributed by atoms with E-state index in [1.54, 1.807) is 0 Å². The first-order chi connectivity index (χ1) is 3.27. The molecule has 0 radical (unpaired) electrons. The van der Waals surface area contributed by atoms with Crippen molar-refractivity contribution in [2.24, 2.45) is 0 Å². The Labute approximate surface area is 57.8 Å². The summed E-state index contributed by atoms with van der Waals surface area (Å²) in [6.07, 6.45) is 0. The van der Waals surface area contributed by atoms with Crippen LogP contribution in [-0.4, -0.2) is 29.1 Å². The lowest BCUT2D eigenvalue weighted by Gasteiger charge is -1.93. The lowest BCUT2D eigenvalue weighted by atomic mass is 11.9. The number of rotatable bonds is 1. The molecule has 0 fully saturated rings. The van der Waals surface area contributed by atoms with Gasteiger partial charge in [0.1, 0.15) is 20.0 Å². The van der Waals surface area contributed by atoms with Gasteiger partial charge in [-0.05, 0) is 13.1 Å². The van der Waals surface area contributed by atoms with Crippen molar-refractivity contribution in [3.63, 3.8) is 0 Å². The lowest BCUT2D eigenvalue weighted by Crippen LogP contribution is -2.02. The van der Waals surface area contributed by atoms with Gasteiger partial charge in [0.25, 0.3) is 0 Å². The molecule has 0 amide bonds. The summed E-state index contributed by atoms with van der Waals surface area (Å²) in [5.41, 5.74) is 0. The highest BCUT2D eigenvalue weighted by molar-refractivity contribution is 6.80. The van der Waals surface area contributed by atoms with Crippen LogP contribution in [0, 0.1) is 0 Å². The topological polar surface area (TPSA) is 9.23 Å². The molecule has 0 unspecified atom stereocenters. The maximum Gasteiger partial charge on any atom is 0.156 e. The van der Waals surface area contributed by atoms with Crippen molar-refractivity contribution in [3.05, 3.63) is 0 Å². The van der Waals surface area contributed by atoms with Gasteiger partial charge in [0.05, 0.1) is 0 Å². The molecule has 0 spiro atoms. The highest BCUT2D eigenvalue weighted by Gasteiger charge is 1.82. The summed E-state index contributed by atoms with van der Waals surface area (Å²) in [6, 6.07) is 0. The smallest absolute Gasteiger partial charge is 0.156 e. The molecule has 0 aromatic rings. The van der Waals surface area contributed by atoms with Gasteiger partial charge in [0.2, 0.25) is 0 Å². The van der Waals surface area contributed by atoms with Crippen LogP contribution in [0.2, 0.25) is 13.1 Å². The zero-order valence-electron chi connectivity index (χ0n) is 5.36. The Hall–Kier alpha value is 0.901. The minimum Gasteiger partial charge on any atom is -0.466 e. The second-order valence-electron chi connectivity index (χ2n) is 1.28. The molecule has 5 heteroatoms. The third-order valence-corrected chi connectivity index (χ3v) is 4.24. The van der Waals surface area contributed by atoms with Gasteiger partial charge in [-0.1, -0.05) is 0 Å². The zero-order chi connectivity index (χ0) is 6.28. The van der Waals surface area contributed by atoms with Gasteiger partial charge < -0.3 is 4.12 Å². The van der Waals surface area contributed by atoms with E-state index < -0.39 is 9.04 Å². The quantitative estimate of drug-likeness (QED) is 0.356. The second-order valence-corrected chi connectivity index (χ2v) is 5.27. The van der Waals surface area contributed by atoms with E-state index in [-0.39, 0.29) is 0 Å². The first kappa shape index (κ1) is 10.8. The summed E-state index contributed by atoms with van der Waals surface area (Å²) in [4.78, 5) is 0. The van der Waals surface area contributed by atoms with Crippen LogP contribution < -0.4 is 0 Å².